The van der Waals surface area contributed by atoms with E-state index in [-0.39, 0.29) is 0 Å². The maximum atomic E-state index is 2.37. The second kappa shape index (κ2) is 6.83. The standard InChI is InChI=1S/C17H26/c1-15(17-13-6-3-7-14-17)9-8-12-16-10-4-2-5-11-16/h3,6-7,13-16H,2,4-5,8-12H2,1H3. The molecule has 1 saturated carbocycles. The molecule has 0 N–H and O–H groups in total. The summed E-state index contributed by atoms with van der Waals surface area (Å²) in [5.74, 6) is 1.78. The third-order valence-electron chi connectivity index (χ3n) is 4.34. The molecule has 1 unspecified atom stereocenters. The lowest BCUT2D eigenvalue weighted by Crippen LogP contribution is -2.06. The lowest BCUT2D eigenvalue weighted by Gasteiger charge is -2.22. The van der Waals surface area contributed by atoms with Crippen molar-refractivity contribution in [2.45, 2.75) is 64.2 Å². The van der Waals surface area contributed by atoms with E-state index in [4.69, 9.17) is 0 Å². The van der Waals surface area contributed by atoms with Crippen LogP contribution in [0, 0.1) is 5.92 Å². The summed E-state index contributed by atoms with van der Waals surface area (Å²) in [5, 5.41) is 0. The number of hydrogen-bond donors (Lipinski definition) is 0. The Labute approximate surface area is 106 Å². The van der Waals surface area contributed by atoms with Gasteiger partial charge in [-0.05, 0) is 23.8 Å². The summed E-state index contributed by atoms with van der Waals surface area (Å²) < 4.78 is 0. The highest BCUT2D eigenvalue weighted by molar-refractivity contribution is 5.18. The molecule has 1 aromatic rings. The van der Waals surface area contributed by atoms with Crippen LogP contribution in [0.15, 0.2) is 30.3 Å². The molecule has 0 bridgehead atoms. The first-order valence-electron chi connectivity index (χ1n) is 7.41. The van der Waals surface area contributed by atoms with Crippen molar-refractivity contribution in [1.29, 1.82) is 0 Å². The quantitative estimate of drug-likeness (QED) is 0.623. The molecule has 0 saturated heterocycles. The highest BCUT2D eigenvalue weighted by atomic mass is 14.2. The average Bonchev–Trinajstić information content (AvgIpc) is 2.41. The Morgan fingerprint density at radius 1 is 1.06 bits per heavy atom. The van der Waals surface area contributed by atoms with Gasteiger partial charge in [0.25, 0.3) is 0 Å². The molecule has 2 rings (SSSR count). The van der Waals surface area contributed by atoms with Crippen LogP contribution in [-0.4, -0.2) is 0 Å². The first-order chi connectivity index (χ1) is 8.36. The Morgan fingerprint density at radius 3 is 2.47 bits per heavy atom. The van der Waals surface area contributed by atoms with Gasteiger partial charge in [0.15, 0.2) is 0 Å². The fourth-order valence-corrected chi connectivity index (χ4v) is 3.14. The Hall–Kier alpha value is -0.780. The van der Waals surface area contributed by atoms with E-state index < -0.39 is 0 Å². The molecule has 1 aromatic carbocycles. The van der Waals surface area contributed by atoms with Crippen molar-refractivity contribution in [3.05, 3.63) is 35.9 Å². The predicted octanol–water partition coefficient (Wildman–Crippen LogP) is 5.54. The first kappa shape index (κ1) is 12.7. The minimum absolute atomic E-state index is 0.736. The van der Waals surface area contributed by atoms with Crippen molar-refractivity contribution in [2.24, 2.45) is 5.92 Å². The molecule has 0 heterocycles. The Bertz CT molecular complexity index is 295. The molecular formula is C17H26. The van der Waals surface area contributed by atoms with Crippen LogP contribution >= 0.6 is 0 Å². The number of hydrogen-bond acceptors (Lipinski definition) is 0. The molecule has 1 fully saturated rings. The summed E-state index contributed by atoms with van der Waals surface area (Å²) in [6.45, 7) is 2.37. The first-order valence-corrected chi connectivity index (χ1v) is 7.41. The van der Waals surface area contributed by atoms with Crippen LogP contribution in [0.4, 0.5) is 0 Å². The van der Waals surface area contributed by atoms with Gasteiger partial charge in [0, 0.05) is 0 Å². The summed E-state index contributed by atoms with van der Waals surface area (Å²) in [6.07, 6.45) is 11.7. The maximum absolute atomic E-state index is 2.37. The van der Waals surface area contributed by atoms with Gasteiger partial charge in [-0.3, -0.25) is 0 Å². The van der Waals surface area contributed by atoms with E-state index in [1.807, 2.05) is 0 Å². The molecule has 0 heteroatoms. The van der Waals surface area contributed by atoms with E-state index in [0.717, 1.165) is 11.8 Å². The SMILES string of the molecule is CC(CCCC1CCCCC1)c1ccccc1. The van der Waals surface area contributed by atoms with Gasteiger partial charge < -0.3 is 0 Å². The molecule has 0 aliphatic heterocycles. The average molecular weight is 230 g/mol. The van der Waals surface area contributed by atoms with Crippen LogP contribution in [0.25, 0.3) is 0 Å². The van der Waals surface area contributed by atoms with Gasteiger partial charge in [-0.25, -0.2) is 0 Å². The zero-order valence-electron chi connectivity index (χ0n) is 11.2. The molecule has 0 aromatic heterocycles. The second-order valence-electron chi connectivity index (χ2n) is 5.75. The van der Waals surface area contributed by atoms with Gasteiger partial charge >= 0.3 is 0 Å². The minimum Gasteiger partial charge on any atom is -0.0622 e. The fraction of sp³-hybridized carbons (Fsp3) is 0.647. The van der Waals surface area contributed by atoms with Gasteiger partial charge in [0.2, 0.25) is 0 Å². The van der Waals surface area contributed by atoms with E-state index in [2.05, 4.69) is 37.3 Å². The number of rotatable bonds is 5. The largest absolute Gasteiger partial charge is 0.0622 e. The van der Waals surface area contributed by atoms with Crippen molar-refractivity contribution in [3.63, 3.8) is 0 Å². The second-order valence-corrected chi connectivity index (χ2v) is 5.75. The van der Waals surface area contributed by atoms with Crippen LogP contribution in [0.2, 0.25) is 0 Å². The van der Waals surface area contributed by atoms with Crippen molar-refractivity contribution in [3.8, 4) is 0 Å². The Kier molecular flexibility index (Phi) is 5.09. The Morgan fingerprint density at radius 2 is 1.76 bits per heavy atom. The minimum atomic E-state index is 0.736. The van der Waals surface area contributed by atoms with Crippen molar-refractivity contribution >= 4 is 0 Å². The summed E-state index contributed by atoms with van der Waals surface area (Å²) in [4.78, 5) is 0. The third-order valence-corrected chi connectivity index (χ3v) is 4.34. The zero-order valence-corrected chi connectivity index (χ0v) is 11.2. The lowest BCUT2D eigenvalue weighted by atomic mass is 9.84. The molecule has 1 aliphatic rings. The topological polar surface area (TPSA) is 0 Å². The fourth-order valence-electron chi connectivity index (χ4n) is 3.14. The Balaban J connectivity index is 1.67. The van der Waals surface area contributed by atoms with Gasteiger partial charge in [-0.1, -0.05) is 82.2 Å². The summed E-state index contributed by atoms with van der Waals surface area (Å²) in [5.41, 5.74) is 1.51. The molecule has 0 radical (unpaired) electrons. The van der Waals surface area contributed by atoms with Gasteiger partial charge in [0.05, 0.1) is 0 Å². The monoisotopic (exact) mass is 230 g/mol. The molecule has 0 amide bonds. The lowest BCUT2D eigenvalue weighted by molar-refractivity contribution is 0.327. The van der Waals surface area contributed by atoms with Crippen LogP contribution in [0.5, 0.6) is 0 Å². The summed E-state index contributed by atoms with van der Waals surface area (Å²) >= 11 is 0. The van der Waals surface area contributed by atoms with Crippen LogP contribution in [0.3, 0.4) is 0 Å². The summed E-state index contributed by atoms with van der Waals surface area (Å²) in [7, 11) is 0. The van der Waals surface area contributed by atoms with Crippen molar-refractivity contribution in [2.75, 3.05) is 0 Å². The van der Waals surface area contributed by atoms with E-state index in [1.165, 1.54) is 56.9 Å². The molecule has 0 spiro atoms. The summed E-state index contributed by atoms with van der Waals surface area (Å²) in [6, 6.07) is 11.0. The maximum Gasteiger partial charge on any atom is -0.0190 e. The highest BCUT2D eigenvalue weighted by Gasteiger charge is 2.13. The predicted molar refractivity (Wildman–Crippen MR) is 75.3 cm³/mol. The van der Waals surface area contributed by atoms with E-state index in [9.17, 15) is 0 Å². The normalized spacial score (nSPS) is 19.1. The van der Waals surface area contributed by atoms with E-state index in [1.54, 1.807) is 0 Å². The molecule has 1 aliphatic carbocycles. The van der Waals surface area contributed by atoms with E-state index >= 15 is 0 Å². The number of benzene rings is 1. The van der Waals surface area contributed by atoms with Crippen molar-refractivity contribution in [1.82, 2.24) is 0 Å². The van der Waals surface area contributed by atoms with E-state index in [0.29, 0.717) is 0 Å². The van der Waals surface area contributed by atoms with Crippen LogP contribution < -0.4 is 0 Å². The smallest absolute Gasteiger partial charge is 0.0190 e. The van der Waals surface area contributed by atoms with Gasteiger partial charge in [-0.15, -0.1) is 0 Å². The van der Waals surface area contributed by atoms with Gasteiger partial charge in [0.1, 0.15) is 0 Å². The zero-order chi connectivity index (χ0) is 11.9. The molecule has 94 valence electrons. The molecule has 0 nitrogen and oxygen atoms in total. The van der Waals surface area contributed by atoms with Gasteiger partial charge in [-0.2, -0.15) is 0 Å². The highest BCUT2D eigenvalue weighted by Crippen LogP contribution is 2.29. The molecule has 17 heavy (non-hydrogen) atoms. The van der Waals surface area contributed by atoms with Crippen LogP contribution in [-0.2, 0) is 0 Å². The van der Waals surface area contributed by atoms with Crippen LogP contribution in [0.1, 0.15) is 69.8 Å². The third kappa shape index (κ3) is 4.18. The molecule has 1 atom stereocenters. The molecular weight excluding hydrogens is 204 g/mol. The van der Waals surface area contributed by atoms with Crippen molar-refractivity contribution < 1.29 is 0 Å².